The smallest absolute Gasteiger partial charge is 0.138 e. The first-order valence-electron chi connectivity index (χ1n) is 9.80. The first-order chi connectivity index (χ1) is 13.7. The normalized spacial score (nSPS) is 16.7. The second-order valence-corrected chi connectivity index (χ2v) is 7.41. The topological polar surface area (TPSA) is 44.3 Å². The van der Waals surface area contributed by atoms with Crippen molar-refractivity contribution >= 4 is 11.6 Å². The molecule has 1 aromatic heterocycles. The highest BCUT2D eigenvalue weighted by atomic mass is 15.2. The Morgan fingerprint density at radius 2 is 1.68 bits per heavy atom. The van der Waals surface area contributed by atoms with Crippen LogP contribution in [0.4, 0.5) is 11.6 Å². The van der Waals surface area contributed by atoms with Gasteiger partial charge in [0.1, 0.15) is 18.0 Å². The van der Waals surface area contributed by atoms with E-state index in [0.29, 0.717) is 0 Å². The lowest BCUT2D eigenvalue weighted by atomic mass is 9.98. The monoisotopic (exact) mass is 373 g/mol. The Morgan fingerprint density at radius 1 is 1.00 bits per heavy atom. The van der Waals surface area contributed by atoms with Crippen molar-refractivity contribution in [2.24, 2.45) is 0 Å². The number of hydrogen-bond acceptors (Lipinski definition) is 5. The van der Waals surface area contributed by atoms with Gasteiger partial charge in [-0.15, -0.1) is 0 Å². The van der Waals surface area contributed by atoms with Gasteiger partial charge in [-0.3, -0.25) is 4.90 Å². The van der Waals surface area contributed by atoms with Crippen molar-refractivity contribution in [1.82, 2.24) is 14.9 Å². The van der Waals surface area contributed by atoms with Crippen LogP contribution in [0.25, 0.3) is 0 Å². The molecule has 0 fully saturated rings. The SMILES string of the molecule is CN(Cc1ccccc1)c1ncnc2c1[C@@H](Cc1ccccc1)N(C)CCN2. The number of likely N-dealkylation sites (N-methyl/N-ethyl adjacent to an activating group) is 1. The highest BCUT2D eigenvalue weighted by Gasteiger charge is 2.29. The van der Waals surface area contributed by atoms with Crippen LogP contribution in [0.2, 0.25) is 0 Å². The third-order valence-corrected chi connectivity index (χ3v) is 5.38. The van der Waals surface area contributed by atoms with Gasteiger partial charge in [-0.1, -0.05) is 60.7 Å². The van der Waals surface area contributed by atoms with E-state index in [-0.39, 0.29) is 6.04 Å². The first kappa shape index (κ1) is 18.4. The average molecular weight is 374 g/mol. The van der Waals surface area contributed by atoms with Gasteiger partial charge in [-0.05, 0) is 24.6 Å². The minimum atomic E-state index is 0.224. The van der Waals surface area contributed by atoms with E-state index in [1.807, 2.05) is 0 Å². The predicted molar refractivity (Wildman–Crippen MR) is 115 cm³/mol. The number of rotatable bonds is 5. The molecule has 0 unspecified atom stereocenters. The summed E-state index contributed by atoms with van der Waals surface area (Å²) in [6.45, 7) is 2.66. The highest BCUT2D eigenvalue weighted by Crippen LogP contribution is 2.36. The molecule has 0 bridgehead atoms. The van der Waals surface area contributed by atoms with Gasteiger partial charge in [0.05, 0.1) is 5.56 Å². The fourth-order valence-corrected chi connectivity index (χ4v) is 3.89. The summed E-state index contributed by atoms with van der Waals surface area (Å²) in [6.07, 6.45) is 2.61. The summed E-state index contributed by atoms with van der Waals surface area (Å²) in [5, 5.41) is 3.51. The molecule has 2 aromatic carbocycles. The van der Waals surface area contributed by atoms with Gasteiger partial charge in [-0.2, -0.15) is 0 Å². The number of fused-ring (bicyclic) bond motifs is 1. The van der Waals surface area contributed by atoms with Crippen LogP contribution in [0.3, 0.4) is 0 Å². The second-order valence-electron chi connectivity index (χ2n) is 7.41. The summed E-state index contributed by atoms with van der Waals surface area (Å²) in [5.74, 6) is 1.95. The number of hydrogen-bond donors (Lipinski definition) is 1. The number of anilines is 2. The maximum Gasteiger partial charge on any atom is 0.138 e. The molecule has 28 heavy (non-hydrogen) atoms. The van der Waals surface area contributed by atoms with Gasteiger partial charge in [0.25, 0.3) is 0 Å². The van der Waals surface area contributed by atoms with Gasteiger partial charge in [0.15, 0.2) is 0 Å². The van der Waals surface area contributed by atoms with Crippen molar-refractivity contribution in [2.75, 3.05) is 37.4 Å². The summed E-state index contributed by atoms with van der Waals surface area (Å²) < 4.78 is 0. The van der Waals surface area contributed by atoms with E-state index in [1.165, 1.54) is 16.7 Å². The summed E-state index contributed by atoms with van der Waals surface area (Å²) in [4.78, 5) is 13.9. The van der Waals surface area contributed by atoms with E-state index in [1.54, 1.807) is 6.33 Å². The van der Waals surface area contributed by atoms with E-state index in [4.69, 9.17) is 4.98 Å². The zero-order valence-electron chi connectivity index (χ0n) is 16.5. The molecule has 0 amide bonds. The summed E-state index contributed by atoms with van der Waals surface area (Å²) in [6, 6.07) is 21.4. The Bertz CT molecular complexity index is 897. The largest absolute Gasteiger partial charge is 0.368 e. The Kier molecular flexibility index (Phi) is 5.53. The Hall–Kier alpha value is -2.92. The lowest BCUT2D eigenvalue weighted by molar-refractivity contribution is 0.257. The molecule has 3 aromatic rings. The molecular weight excluding hydrogens is 346 g/mol. The molecule has 5 heteroatoms. The van der Waals surface area contributed by atoms with Crippen LogP contribution in [0.1, 0.15) is 22.7 Å². The van der Waals surface area contributed by atoms with Crippen molar-refractivity contribution in [2.45, 2.75) is 19.0 Å². The van der Waals surface area contributed by atoms with Crippen molar-refractivity contribution in [3.63, 3.8) is 0 Å². The fourth-order valence-electron chi connectivity index (χ4n) is 3.89. The molecule has 1 atom stereocenters. The van der Waals surface area contributed by atoms with Crippen LogP contribution in [0, 0.1) is 0 Å². The molecule has 0 spiro atoms. The Labute approximate surface area is 167 Å². The fraction of sp³-hybridized carbons (Fsp3) is 0.304. The van der Waals surface area contributed by atoms with E-state index in [9.17, 15) is 0 Å². The Balaban J connectivity index is 1.71. The second kappa shape index (κ2) is 8.40. The number of nitrogens with zero attached hydrogens (tertiary/aromatic N) is 4. The third kappa shape index (κ3) is 3.99. The van der Waals surface area contributed by atoms with Gasteiger partial charge in [-0.25, -0.2) is 9.97 Å². The molecule has 0 radical (unpaired) electrons. The van der Waals surface area contributed by atoms with Crippen LogP contribution in [-0.4, -0.2) is 42.1 Å². The molecule has 144 valence electrons. The molecule has 2 heterocycles. The zero-order chi connectivity index (χ0) is 19.3. The van der Waals surface area contributed by atoms with Crippen LogP contribution in [0.15, 0.2) is 67.0 Å². The number of benzene rings is 2. The minimum Gasteiger partial charge on any atom is -0.368 e. The van der Waals surface area contributed by atoms with Crippen LogP contribution in [-0.2, 0) is 13.0 Å². The van der Waals surface area contributed by atoms with Crippen molar-refractivity contribution in [3.05, 3.63) is 83.7 Å². The highest BCUT2D eigenvalue weighted by molar-refractivity contribution is 5.61. The van der Waals surface area contributed by atoms with Crippen LogP contribution in [0.5, 0.6) is 0 Å². The standard InChI is InChI=1S/C23H27N5/c1-27-14-13-24-22-21(20(27)15-18-9-5-3-6-10-18)23(26-17-25-22)28(2)16-19-11-7-4-8-12-19/h3-12,17,20H,13-16H2,1-2H3,(H,24,25,26)/t20-/m1/s1. The van der Waals surface area contributed by atoms with E-state index >= 15 is 0 Å². The maximum absolute atomic E-state index is 4.70. The molecule has 0 aliphatic carbocycles. The quantitative estimate of drug-likeness (QED) is 0.738. The molecule has 1 aliphatic heterocycles. The number of aromatic nitrogens is 2. The summed E-state index contributed by atoms with van der Waals surface area (Å²) in [7, 11) is 4.30. The van der Waals surface area contributed by atoms with Crippen molar-refractivity contribution in [1.29, 1.82) is 0 Å². The lowest BCUT2D eigenvalue weighted by Gasteiger charge is -2.30. The molecule has 1 aliphatic rings. The van der Waals surface area contributed by atoms with Crippen molar-refractivity contribution in [3.8, 4) is 0 Å². The molecular formula is C23H27N5. The lowest BCUT2D eigenvalue weighted by Crippen LogP contribution is -2.29. The van der Waals surface area contributed by atoms with E-state index in [0.717, 1.165) is 37.7 Å². The average Bonchev–Trinajstić information content (AvgIpc) is 2.88. The number of nitrogens with one attached hydrogen (secondary N) is 1. The van der Waals surface area contributed by atoms with Gasteiger partial charge < -0.3 is 10.2 Å². The van der Waals surface area contributed by atoms with Crippen LogP contribution >= 0.6 is 0 Å². The predicted octanol–water partition coefficient (Wildman–Crippen LogP) is 3.75. The summed E-state index contributed by atoms with van der Waals surface area (Å²) in [5.41, 5.74) is 3.78. The van der Waals surface area contributed by atoms with E-state index < -0.39 is 0 Å². The minimum absolute atomic E-state index is 0.224. The molecule has 1 N–H and O–H groups in total. The molecule has 4 rings (SSSR count). The molecule has 0 saturated carbocycles. The Morgan fingerprint density at radius 3 is 2.39 bits per heavy atom. The van der Waals surface area contributed by atoms with Crippen LogP contribution < -0.4 is 10.2 Å². The molecule has 0 saturated heterocycles. The molecule has 5 nitrogen and oxygen atoms in total. The first-order valence-corrected chi connectivity index (χ1v) is 9.80. The van der Waals surface area contributed by atoms with Gasteiger partial charge in [0, 0.05) is 32.7 Å². The maximum atomic E-state index is 4.70. The third-order valence-electron chi connectivity index (χ3n) is 5.38. The van der Waals surface area contributed by atoms with E-state index in [2.05, 4.69) is 94.9 Å². The van der Waals surface area contributed by atoms with Gasteiger partial charge >= 0.3 is 0 Å². The van der Waals surface area contributed by atoms with Gasteiger partial charge in [0.2, 0.25) is 0 Å². The zero-order valence-corrected chi connectivity index (χ0v) is 16.5. The van der Waals surface area contributed by atoms with Crippen molar-refractivity contribution < 1.29 is 0 Å². The summed E-state index contributed by atoms with van der Waals surface area (Å²) >= 11 is 0.